The number of nitrogens with zero attached hydrogens (tertiary/aromatic N) is 2. The summed E-state index contributed by atoms with van der Waals surface area (Å²) in [4.78, 5) is 24.1. The van der Waals surface area contributed by atoms with Gasteiger partial charge in [-0.1, -0.05) is 25.1 Å². The van der Waals surface area contributed by atoms with Gasteiger partial charge in [-0.15, -0.1) is 5.10 Å². The van der Waals surface area contributed by atoms with Crippen molar-refractivity contribution in [3.8, 4) is 5.75 Å². The maximum Gasteiger partial charge on any atom is 0.343 e. The summed E-state index contributed by atoms with van der Waals surface area (Å²) in [7, 11) is 0. The molecule has 2 heterocycles. The summed E-state index contributed by atoms with van der Waals surface area (Å²) in [5.74, 6) is 1.16. The Morgan fingerprint density at radius 1 is 1.48 bits per heavy atom. The van der Waals surface area contributed by atoms with Gasteiger partial charge < -0.3 is 4.74 Å². The number of aromatic nitrogens is 3. The maximum absolute atomic E-state index is 12.4. The number of nitrogens with one attached hydrogen (secondary N) is 1. The Morgan fingerprint density at radius 2 is 2.35 bits per heavy atom. The van der Waals surface area contributed by atoms with Crippen molar-refractivity contribution < 1.29 is 9.53 Å². The summed E-state index contributed by atoms with van der Waals surface area (Å²) >= 11 is 1.29. The average molecular weight is 333 g/mol. The second-order valence-corrected chi connectivity index (χ2v) is 6.39. The monoisotopic (exact) mass is 333 g/mol. The lowest BCUT2D eigenvalue weighted by atomic mass is 10.1. The fourth-order valence-electron chi connectivity index (χ4n) is 2.50. The van der Waals surface area contributed by atoms with Crippen LogP contribution >= 0.6 is 11.8 Å². The largest absolute Gasteiger partial charge is 0.493 e. The smallest absolute Gasteiger partial charge is 0.343 e. The number of ether oxygens (including phenoxy) is 1. The van der Waals surface area contributed by atoms with Gasteiger partial charge in [0.2, 0.25) is 0 Å². The Bertz CT molecular complexity index is 766. The SMILES string of the molecule is CCCCn1c(SCC(=O)c2ccc3c(c2)CCO3)n[nH]c1=O. The minimum Gasteiger partial charge on any atom is -0.493 e. The number of Topliss-reactive ketones (excluding diaryl/α,β-unsaturated/α-hetero) is 1. The zero-order chi connectivity index (χ0) is 16.2. The van der Waals surface area contributed by atoms with E-state index in [1.165, 1.54) is 11.8 Å². The molecule has 0 bridgehead atoms. The molecule has 1 aliphatic heterocycles. The van der Waals surface area contributed by atoms with Crippen LogP contribution in [0.5, 0.6) is 5.75 Å². The van der Waals surface area contributed by atoms with Crippen LogP contribution in [0, 0.1) is 0 Å². The molecule has 1 N–H and O–H groups in total. The fourth-order valence-corrected chi connectivity index (χ4v) is 3.37. The second-order valence-electron chi connectivity index (χ2n) is 5.45. The summed E-state index contributed by atoms with van der Waals surface area (Å²) in [6.45, 7) is 3.37. The predicted octanol–water partition coefficient (Wildman–Crippen LogP) is 2.28. The van der Waals surface area contributed by atoms with E-state index in [0.717, 1.165) is 30.6 Å². The highest BCUT2D eigenvalue weighted by molar-refractivity contribution is 7.99. The van der Waals surface area contributed by atoms with Crippen molar-refractivity contribution >= 4 is 17.5 Å². The topological polar surface area (TPSA) is 77.0 Å². The number of rotatable bonds is 7. The quantitative estimate of drug-likeness (QED) is 0.621. The third kappa shape index (κ3) is 3.50. The molecule has 6 nitrogen and oxygen atoms in total. The zero-order valence-electron chi connectivity index (χ0n) is 13.0. The van der Waals surface area contributed by atoms with E-state index in [1.807, 2.05) is 12.1 Å². The van der Waals surface area contributed by atoms with Gasteiger partial charge in [0.1, 0.15) is 5.75 Å². The van der Waals surface area contributed by atoms with Crippen LogP contribution in [0.15, 0.2) is 28.2 Å². The molecule has 0 saturated heterocycles. The number of carbonyl (C=O) groups is 1. The van der Waals surface area contributed by atoms with Crippen molar-refractivity contribution in [3.05, 3.63) is 39.8 Å². The first-order valence-electron chi connectivity index (χ1n) is 7.76. The maximum atomic E-state index is 12.4. The van der Waals surface area contributed by atoms with Crippen LogP contribution in [-0.4, -0.2) is 32.9 Å². The van der Waals surface area contributed by atoms with Crippen LogP contribution in [0.2, 0.25) is 0 Å². The molecule has 1 aromatic heterocycles. The molecule has 1 aliphatic rings. The van der Waals surface area contributed by atoms with E-state index in [9.17, 15) is 9.59 Å². The molecule has 1 aromatic carbocycles. The van der Waals surface area contributed by atoms with Gasteiger partial charge in [-0.25, -0.2) is 9.89 Å². The van der Waals surface area contributed by atoms with Crippen molar-refractivity contribution in [3.63, 3.8) is 0 Å². The van der Waals surface area contributed by atoms with Crippen LogP contribution < -0.4 is 10.4 Å². The Kier molecular flexibility index (Phi) is 4.85. The lowest BCUT2D eigenvalue weighted by molar-refractivity contribution is 0.102. The third-order valence-electron chi connectivity index (χ3n) is 3.80. The number of aromatic amines is 1. The van der Waals surface area contributed by atoms with Gasteiger partial charge in [0.15, 0.2) is 10.9 Å². The number of hydrogen-bond donors (Lipinski definition) is 1. The van der Waals surface area contributed by atoms with E-state index >= 15 is 0 Å². The first kappa shape index (κ1) is 15.9. The number of thioether (sulfide) groups is 1. The minimum absolute atomic E-state index is 0.0298. The summed E-state index contributed by atoms with van der Waals surface area (Å²) < 4.78 is 7.04. The van der Waals surface area contributed by atoms with Crippen molar-refractivity contribution in [1.82, 2.24) is 14.8 Å². The Hall–Kier alpha value is -2.02. The molecule has 3 rings (SSSR count). The molecule has 23 heavy (non-hydrogen) atoms. The summed E-state index contributed by atoms with van der Waals surface area (Å²) in [6.07, 6.45) is 2.75. The van der Waals surface area contributed by atoms with Gasteiger partial charge in [-0.2, -0.15) is 0 Å². The van der Waals surface area contributed by atoms with Crippen molar-refractivity contribution in [2.45, 2.75) is 37.9 Å². The van der Waals surface area contributed by atoms with Crippen LogP contribution in [0.4, 0.5) is 0 Å². The minimum atomic E-state index is -0.219. The average Bonchev–Trinajstić information content (AvgIpc) is 3.16. The normalized spacial score (nSPS) is 12.9. The van der Waals surface area contributed by atoms with E-state index in [1.54, 1.807) is 10.6 Å². The number of hydrogen-bond acceptors (Lipinski definition) is 5. The number of ketones is 1. The van der Waals surface area contributed by atoms with E-state index in [0.29, 0.717) is 23.9 Å². The van der Waals surface area contributed by atoms with Gasteiger partial charge in [-0.3, -0.25) is 9.36 Å². The zero-order valence-corrected chi connectivity index (χ0v) is 13.8. The van der Waals surface area contributed by atoms with E-state index in [-0.39, 0.29) is 17.2 Å². The lowest BCUT2D eigenvalue weighted by Gasteiger charge is -2.05. The highest BCUT2D eigenvalue weighted by atomic mass is 32.2. The predicted molar refractivity (Wildman–Crippen MR) is 88.5 cm³/mol. The Balaban J connectivity index is 1.66. The van der Waals surface area contributed by atoms with E-state index < -0.39 is 0 Å². The van der Waals surface area contributed by atoms with Gasteiger partial charge in [0.25, 0.3) is 0 Å². The molecule has 0 saturated carbocycles. The molecule has 0 aliphatic carbocycles. The summed E-state index contributed by atoms with van der Waals surface area (Å²) in [5.41, 5.74) is 1.54. The molecule has 0 fully saturated rings. The van der Waals surface area contributed by atoms with Crippen LogP contribution in [0.1, 0.15) is 35.7 Å². The fraction of sp³-hybridized carbons (Fsp3) is 0.438. The van der Waals surface area contributed by atoms with Crippen molar-refractivity contribution in [2.75, 3.05) is 12.4 Å². The molecule has 2 aromatic rings. The molecule has 0 atom stereocenters. The Morgan fingerprint density at radius 3 is 3.17 bits per heavy atom. The van der Waals surface area contributed by atoms with E-state index in [4.69, 9.17) is 4.74 Å². The number of fused-ring (bicyclic) bond motifs is 1. The van der Waals surface area contributed by atoms with Gasteiger partial charge >= 0.3 is 5.69 Å². The summed E-state index contributed by atoms with van der Waals surface area (Å²) in [5, 5.41) is 7.03. The highest BCUT2D eigenvalue weighted by Gasteiger charge is 2.16. The number of unbranched alkanes of at least 4 members (excludes halogenated alkanes) is 1. The van der Waals surface area contributed by atoms with Crippen LogP contribution in [0.25, 0.3) is 0 Å². The lowest BCUT2D eigenvalue weighted by Crippen LogP contribution is -2.18. The number of benzene rings is 1. The van der Waals surface area contributed by atoms with Gasteiger partial charge in [-0.05, 0) is 30.2 Å². The number of H-pyrrole nitrogens is 1. The van der Waals surface area contributed by atoms with E-state index in [2.05, 4.69) is 17.1 Å². The van der Waals surface area contributed by atoms with Gasteiger partial charge in [0, 0.05) is 18.5 Å². The number of carbonyl (C=O) groups excluding carboxylic acids is 1. The molecule has 0 unspecified atom stereocenters. The molecular weight excluding hydrogens is 314 g/mol. The molecular formula is C16H19N3O3S. The standard InChI is InChI=1S/C16H19N3O3S/c1-2-3-7-19-15(21)17-18-16(19)23-10-13(20)11-4-5-14-12(9-11)6-8-22-14/h4-5,9H,2-3,6-8,10H2,1H3,(H,17,21). The second kappa shape index (κ2) is 7.04. The Labute approximate surface area is 138 Å². The molecule has 0 radical (unpaired) electrons. The first-order valence-corrected chi connectivity index (χ1v) is 8.74. The van der Waals surface area contributed by atoms with Crippen LogP contribution in [0.3, 0.4) is 0 Å². The van der Waals surface area contributed by atoms with Gasteiger partial charge in [0.05, 0.1) is 12.4 Å². The molecule has 122 valence electrons. The molecule has 0 amide bonds. The molecule has 0 spiro atoms. The van der Waals surface area contributed by atoms with Crippen LogP contribution in [-0.2, 0) is 13.0 Å². The highest BCUT2D eigenvalue weighted by Crippen LogP contribution is 2.26. The molecule has 7 heteroatoms. The first-order chi connectivity index (χ1) is 11.2. The van der Waals surface area contributed by atoms with Crippen molar-refractivity contribution in [1.29, 1.82) is 0 Å². The third-order valence-corrected chi connectivity index (χ3v) is 4.78. The summed E-state index contributed by atoms with van der Waals surface area (Å²) in [6, 6.07) is 5.55. The van der Waals surface area contributed by atoms with Crippen molar-refractivity contribution in [2.24, 2.45) is 0 Å².